The number of aliphatic hydroxyl groups excluding tert-OH is 3. The lowest BCUT2D eigenvalue weighted by molar-refractivity contribution is -0.144. The van der Waals surface area contributed by atoms with Gasteiger partial charge in [0.15, 0.2) is 5.78 Å². The highest BCUT2D eigenvalue weighted by molar-refractivity contribution is 7.47. The lowest BCUT2D eigenvalue weighted by atomic mass is 10.1. The fourth-order valence-corrected chi connectivity index (χ4v) is 5.69. The number of nitrogens with zero attached hydrogens (tertiary/aromatic N) is 2. The number of benzene rings is 1. The number of hydrogen-bond donors (Lipinski definition) is 10. The molecule has 22 nitrogen and oxygen atoms in total. The van der Waals surface area contributed by atoms with Crippen molar-refractivity contribution in [1.82, 2.24) is 15.2 Å². The van der Waals surface area contributed by atoms with Crippen LogP contribution >= 0.6 is 7.82 Å². The molecule has 0 radical (unpaired) electrons. The first-order valence-corrected chi connectivity index (χ1v) is 17.4. The number of pyridine rings is 1. The molecular formula is C31H41N4O18P. The molecule has 7 unspecified atom stereocenters. The summed E-state index contributed by atoms with van der Waals surface area (Å²) >= 11 is 0. The molecule has 1 aromatic heterocycles. The van der Waals surface area contributed by atoms with E-state index in [2.05, 4.69) is 9.52 Å². The first-order valence-electron chi connectivity index (χ1n) is 15.9. The Morgan fingerprint density at radius 3 is 2.04 bits per heavy atom. The zero-order chi connectivity index (χ0) is 41.1. The Morgan fingerprint density at radius 1 is 0.889 bits per heavy atom. The van der Waals surface area contributed by atoms with Crippen LogP contribution in [0.1, 0.15) is 56.8 Å². The minimum Gasteiger partial charge on any atom is -0.508 e. The van der Waals surface area contributed by atoms with Gasteiger partial charge in [-0.3, -0.25) is 33.0 Å². The van der Waals surface area contributed by atoms with Crippen LogP contribution in [-0.4, -0.2) is 130 Å². The van der Waals surface area contributed by atoms with Gasteiger partial charge in [0.1, 0.15) is 47.7 Å². The molecule has 3 amide bonds. The summed E-state index contributed by atoms with van der Waals surface area (Å²) in [6, 6.07) is 2.01. The highest BCUT2D eigenvalue weighted by atomic mass is 31.2. The molecule has 54 heavy (non-hydrogen) atoms. The number of phosphoric acid groups is 1. The van der Waals surface area contributed by atoms with Gasteiger partial charge in [-0.1, -0.05) is 0 Å². The quantitative estimate of drug-likeness (QED) is 0.0502. The summed E-state index contributed by atoms with van der Waals surface area (Å²) in [5, 5.41) is 73.7. The number of aliphatic hydroxyl groups is 3. The highest BCUT2D eigenvalue weighted by Gasteiger charge is 2.34. The molecule has 10 N–H and O–H groups in total. The number of phenolic OH excluding ortho intramolecular Hbond substituents is 1. The minimum atomic E-state index is -5.26. The molecule has 23 heteroatoms. The molecule has 7 atom stereocenters. The molecule has 0 aliphatic heterocycles. The van der Waals surface area contributed by atoms with Crippen LogP contribution in [0, 0.1) is 0 Å². The molecule has 0 bridgehead atoms. The van der Waals surface area contributed by atoms with Crippen LogP contribution in [0.2, 0.25) is 0 Å². The fraction of sp³-hybridized carbons (Fsp3) is 0.484. The number of aliphatic carboxylic acids is 3. The Morgan fingerprint density at radius 2 is 1.48 bits per heavy atom. The van der Waals surface area contributed by atoms with Crippen molar-refractivity contribution in [3.8, 4) is 5.75 Å². The first kappa shape index (κ1) is 45.1. The van der Waals surface area contributed by atoms with Crippen LogP contribution in [0.15, 0.2) is 29.3 Å². The molecule has 1 aromatic carbocycles. The smallest absolute Gasteiger partial charge is 0.473 e. The van der Waals surface area contributed by atoms with Crippen LogP contribution in [0.4, 0.5) is 0 Å². The summed E-state index contributed by atoms with van der Waals surface area (Å²) in [6.07, 6.45) is -10.3. The van der Waals surface area contributed by atoms with Crippen LogP contribution in [-0.2, 0) is 48.9 Å². The summed E-state index contributed by atoms with van der Waals surface area (Å²) in [5.41, 5.74) is -0.131. The van der Waals surface area contributed by atoms with Gasteiger partial charge in [-0.05, 0) is 50.3 Å². The summed E-state index contributed by atoms with van der Waals surface area (Å²) in [6.45, 7) is 1.38. The van der Waals surface area contributed by atoms with E-state index in [1.807, 2.05) is 10.6 Å². The molecule has 0 saturated carbocycles. The van der Waals surface area contributed by atoms with Crippen molar-refractivity contribution in [3.63, 3.8) is 0 Å². The number of carbonyl (C=O) groups excluding carboxylic acids is 4. The number of phenols is 1. The van der Waals surface area contributed by atoms with Crippen LogP contribution < -0.4 is 16.1 Å². The predicted octanol–water partition coefficient (Wildman–Crippen LogP) is -1.61. The third kappa shape index (κ3) is 13.7. The summed E-state index contributed by atoms with van der Waals surface area (Å²) in [4.78, 5) is 96.7. The van der Waals surface area contributed by atoms with Gasteiger partial charge in [-0.2, -0.15) is 4.99 Å². The molecule has 0 aliphatic carbocycles. The Labute approximate surface area is 305 Å². The lowest BCUT2D eigenvalue weighted by Gasteiger charge is -2.26. The van der Waals surface area contributed by atoms with Crippen LogP contribution in [0.3, 0.4) is 0 Å². The predicted molar refractivity (Wildman–Crippen MR) is 179 cm³/mol. The zero-order valence-electron chi connectivity index (χ0n) is 29.0. The second kappa shape index (κ2) is 19.8. The van der Waals surface area contributed by atoms with Gasteiger partial charge >= 0.3 is 25.7 Å². The number of amides is 3. The lowest BCUT2D eigenvalue weighted by Crippen LogP contribution is -2.46. The van der Waals surface area contributed by atoms with E-state index >= 15 is 0 Å². The molecule has 2 aromatic rings. The summed E-state index contributed by atoms with van der Waals surface area (Å²) < 4.78 is 23.0. The van der Waals surface area contributed by atoms with Crippen LogP contribution in [0.5, 0.6) is 5.75 Å². The van der Waals surface area contributed by atoms with Gasteiger partial charge in [0, 0.05) is 25.8 Å². The number of carbonyl (C=O) groups is 7. The number of Topliss-reactive ketones (excluding diaryl/α,β-unsaturated/α-hetero) is 1. The third-order valence-corrected chi connectivity index (χ3v) is 8.58. The van der Waals surface area contributed by atoms with E-state index in [-0.39, 0.29) is 22.3 Å². The van der Waals surface area contributed by atoms with E-state index in [0.717, 1.165) is 18.4 Å². The Hall–Kier alpha value is -5.09. The normalized spacial score (nSPS) is 16.2. The molecule has 0 spiro atoms. The Kier molecular flexibility index (Phi) is 16.6. The second-order valence-electron chi connectivity index (χ2n) is 11.9. The minimum absolute atomic E-state index is 0.0514. The van der Waals surface area contributed by atoms with Crippen molar-refractivity contribution in [1.29, 1.82) is 0 Å². The van der Waals surface area contributed by atoms with Gasteiger partial charge in [0.25, 0.3) is 0 Å². The molecule has 0 saturated heterocycles. The van der Waals surface area contributed by atoms with Crippen LogP contribution in [0.25, 0.3) is 10.9 Å². The second-order valence-corrected chi connectivity index (χ2v) is 13.3. The van der Waals surface area contributed by atoms with Crippen molar-refractivity contribution in [2.45, 2.75) is 89.5 Å². The fourth-order valence-electron chi connectivity index (χ4n) is 4.79. The number of carboxylic acids is 3. The number of fused-ring (bicyclic) bond motifs is 1. The number of phosphoric ester groups is 1. The van der Waals surface area contributed by atoms with Gasteiger partial charge in [0.2, 0.25) is 17.7 Å². The Bertz CT molecular complexity index is 1880. The van der Waals surface area contributed by atoms with Crippen molar-refractivity contribution in [2.24, 2.45) is 4.99 Å². The molecule has 298 valence electrons. The number of ketones is 1. The van der Waals surface area contributed by atoms with Crippen molar-refractivity contribution in [3.05, 3.63) is 35.3 Å². The monoisotopic (exact) mass is 788 g/mol. The average molecular weight is 789 g/mol. The van der Waals surface area contributed by atoms with E-state index in [4.69, 9.17) is 14.7 Å². The number of rotatable bonds is 21. The summed E-state index contributed by atoms with van der Waals surface area (Å²) in [5.74, 6) is -8.25. The van der Waals surface area contributed by atoms with Gasteiger partial charge < -0.3 is 55.8 Å². The molecule has 0 aliphatic rings. The van der Waals surface area contributed by atoms with E-state index < -0.39 is 125 Å². The molecule has 1 heterocycles. The molecule has 2 rings (SSSR count). The van der Waals surface area contributed by atoms with E-state index in [0.29, 0.717) is 5.39 Å². The molecule has 0 fully saturated rings. The van der Waals surface area contributed by atoms with Gasteiger partial charge in [-0.15, -0.1) is 0 Å². The summed E-state index contributed by atoms with van der Waals surface area (Å²) in [7, 11) is -5.26. The number of aromatic hydroxyl groups is 1. The average Bonchev–Trinajstić information content (AvgIpc) is 3.06. The van der Waals surface area contributed by atoms with E-state index in [9.17, 15) is 68.6 Å². The maximum atomic E-state index is 12.6. The topological polar surface area (TPSA) is 358 Å². The maximum Gasteiger partial charge on any atom is 0.473 e. The van der Waals surface area contributed by atoms with Gasteiger partial charge in [0.05, 0.1) is 24.2 Å². The Balaban J connectivity index is 2.07. The third-order valence-electron chi connectivity index (χ3n) is 7.53. The number of carboxylic acid groups (broad SMARTS) is 3. The highest BCUT2D eigenvalue weighted by Crippen LogP contribution is 2.44. The van der Waals surface area contributed by atoms with E-state index in [1.165, 1.54) is 31.2 Å². The van der Waals surface area contributed by atoms with E-state index in [1.54, 1.807) is 0 Å². The standard InChI is InChI=1S/C31H41N4O18P/c1-14(36)19-10-17-4-5-18(38)11-22(17)35(28(19)32-16(3)37)12-23(39)27(44)24(40)13-52-54(50,51)53-15(2)29(45)34-21(31(48)49)6-8-25(41)33-20(30(46)47)7-9-26(42)43/h4-5,10-11,15,20-21,23-24,27,38-40,44H,6-9,12-13H2,1-3H3,(H,33,41)(H,34,45)(H,42,43)(H,46,47)(H,48,49)(H,50,51). The molecular weight excluding hydrogens is 747 g/mol. The number of nitrogens with one attached hydrogen (secondary N) is 2. The largest absolute Gasteiger partial charge is 0.508 e. The number of aromatic nitrogens is 1. The zero-order valence-corrected chi connectivity index (χ0v) is 29.9. The van der Waals surface area contributed by atoms with Crippen molar-refractivity contribution in [2.75, 3.05) is 6.61 Å². The first-order chi connectivity index (χ1) is 25.0. The SMILES string of the molecule is CC(=O)N=c1c(C(C)=O)cc2ccc(O)cc2n1CC(O)C(O)C(O)COP(=O)(O)OC(C)C(=O)NC(CCC(=O)NC(CCC(=O)O)C(=O)O)C(=O)O. The maximum absolute atomic E-state index is 12.6. The van der Waals surface area contributed by atoms with Gasteiger partial charge in [-0.25, -0.2) is 14.2 Å². The number of hydrogen-bond acceptors (Lipinski definition) is 14. The van der Waals surface area contributed by atoms with Crippen molar-refractivity contribution >= 4 is 60.1 Å². The van der Waals surface area contributed by atoms with Crippen molar-refractivity contribution < 1.29 is 87.8 Å².